The molecule has 0 spiro atoms. The SMILES string of the molecule is CCOCCOC(CNC(C)(C)C)c1ccccc1Br. The number of ether oxygens (including phenoxy) is 2. The molecule has 0 aliphatic rings. The molecule has 4 heteroatoms. The molecule has 0 aliphatic heterocycles. The van der Waals surface area contributed by atoms with Gasteiger partial charge in [-0.25, -0.2) is 0 Å². The average molecular weight is 344 g/mol. The van der Waals surface area contributed by atoms with Gasteiger partial charge in [-0.3, -0.25) is 0 Å². The highest BCUT2D eigenvalue weighted by Crippen LogP contribution is 2.25. The molecule has 0 aliphatic carbocycles. The maximum absolute atomic E-state index is 5.99. The lowest BCUT2D eigenvalue weighted by atomic mass is 10.1. The molecule has 20 heavy (non-hydrogen) atoms. The summed E-state index contributed by atoms with van der Waals surface area (Å²) in [6, 6.07) is 8.20. The number of rotatable bonds is 8. The second kappa shape index (κ2) is 8.78. The predicted molar refractivity (Wildman–Crippen MR) is 87.1 cm³/mol. The Morgan fingerprint density at radius 1 is 1.20 bits per heavy atom. The molecule has 1 atom stereocenters. The fourth-order valence-corrected chi connectivity index (χ4v) is 2.33. The summed E-state index contributed by atoms with van der Waals surface area (Å²) >= 11 is 3.60. The molecule has 0 saturated heterocycles. The molecule has 0 amide bonds. The monoisotopic (exact) mass is 343 g/mol. The first kappa shape index (κ1) is 17.6. The van der Waals surface area contributed by atoms with Gasteiger partial charge in [-0.2, -0.15) is 0 Å². The molecule has 0 aromatic heterocycles. The van der Waals surface area contributed by atoms with Crippen LogP contribution in [0.25, 0.3) is 0 Å². The van der Waals surface area contributed by atoms with E-state index in [1.807, 2.05) is 25.1 Å². The van der Waals surface area contributed by atoms with Gasteiger partial charge < -0.3 is 14.8 Å². The van der Waals surface area contributed by atoms with E-state index < -0.39 is 0 Å². The summed E-state index contributed by atoms with van der Waals surface area (Å²) in [5.74, 6) is 0. The predicted octanol–water partition coefficient (Wildman–Crippen LogP) is 3.93. The molecule has 114 valence electrons. The molecule has 3 nitrogen and oxygen atoms in total. The zero-order valence-corrected chi connectivity index (χ0v) is 14.5. The zero-order chi connectivity index (χ0) is 15.0. The number of benzene rings is 1. The van der Waals surface area contributed by atoms with E-state index in [2.05, 4.69) is 48.1 Å². The maximum atomic E-state index is 5.99. The Labute approximate surface area is 131 Å². The van der Waals surface area contributed by atoms with E-state index in [9.17, 15) is 0 Å². The largest absolute Gasteiger partial charge is 0.379 e. The molecule has 1 rings (SSSR count). The van der Waals surface area contributed by atoms with Crippen molar-refractivity contribution in [2.24, 2.45) is 0 Å². The molecule has 1 N–H and O–H groups in total. The summed E-state index contributed by atoms with van der Waals surface area (Å²) in [5.41, 5.74) is 1.24. The number of hydrogen-bond acceptors (Lipinski definition) is 3. The Bertz CT molecular complexity index is 390. The van der Waals surface area contributed by atoms with E-state index in [-0.39, 0.29) is 11.6 Å². The van der Waals surface area contributed by atoms with Crippen LogP contribution in [-0.2, 0) is 9.47 Å². The summed E-state index contributed by atoms with van der Waals surface area (Å²) < 4.78 is 12.4. The van der Waals surface area contributed by atoms with E-state index in [1.165, 1.54) is 5.56 Å². The van der Waals surface area contributed by atoms with Crippen LogP contribution in [0.1, 0.15) is 39.4 Å². The normalized spacial score (nSPS) is 13.4. The van der Waals surface area contributed by atoms with Crippen LogP contribution in [-0.4, -0.2) is 31.9 Å². The van der Waals surface area contributed by atoms with E-state index in [0.717, 1.165) is 17.6 Å². The summed E-state index contributed by atoms with van der Waals surface area (Å²) in [4.78, 5) is 0. The Hall–Kier alpha value is -0.420. The summed E-state index contributed by atoms with van der Waals surface area (Å²) in [5, 5.41) is 3.50. The molecule has 1 aromatic rings. The fraction of sp³-hybridized carbons (Fsp3) is 0.625. The third kappa shape index (κ3) is 6.84. The maximum Gasteiger partial charge on any atom is 0.0961 e. The van der Waals surface area contributed by atoms with Crippen LogP contribution in [0.5, 0.6) is 0 Å². The van der Waals surface area contributed by atoms with Crippen LogP contribution in [0.15, 0.2) is 28.7 Å². The van der Waals surface area contributed by atoms with Crippen LogP contribution >= 0.6 is 15.9 Å². The van der Waals surface area contributed by atoms with Gasteiger partial charge in [0.2, 0.25) is 0 Å². The van der Waals surface area contributed by atoms with Crippen molar-refractivity contribution in [2.45, 2.75) is 39.3 Å². The van der Waals surface area contributed by atoms with Crippen molar-refractivity contribution < 1.29 is 9.47 Å². The molecular formula is C16H26BrNO2. The van der Waals surface area contributed by atoms with E-state index >= 15 is 0 Å². The highest BCUT2D eigenvalue weighted by molar-refractivity contribution is 9.10. The first-order valence-electron chi connectivity index (χ1n) is 7.13. The summed E-state index contributed by atoms with van der Waals surface area (Å²) in [6.45, 7) is 11.2. The summed E-state index contributed by atoms with van der Waals surface area (Å²) in [6.07, 6.45) is 0.0188. The molecule has 0 bridgehead atoms. The Morgan fingerprint density at radius 2 is 1.90 bits per heavy atom. The van der Waals surface area contributed by atoms with Crippen LogP contribution in [0.3, 0.4) is 0 Å². The lowest BCUT2D eigenvalue weighted by Gasteiger charge is -2.26. The Morgan fingerprint density at radius 3 is 2.50 bits per heavy atom. The van der Waals surface area contributed by atoms with Gasteiger partial charge in [0.05, 0.1) is 19.3 Å². The van der Waals surface area contributed by atoms with Crippen molar-refractivity contribution in [1.29, 1.82) is 0 Å². The van der Waals surface area contributed by atoms with E-state index in [1.54, 1.807) is 0 Å². The second-order valence-electron chi connectivity index (χ2n) is 5.71. The van der Waals surface area contributed by atoms with Gasteiger partial charge >= 0.3 is 0 Å². The van der Waals surface area contributed by atoms with Gasteiger partial charge in [0.1, 0.15) is 0 Å². The van der Waals surface area contributed by atoms with Gasteiger partial charge in [-0.05, 0) is 39.3 Å². The lowest BCUT2D eigenvalue weighted by Crippen LogP contribution is -2.39. The fourth-order valence-electron chi connectivity index (χ4n) is 1.79. The second-order valence-corrected chi connectivity index (χ2v) is 6.56. The number of hydrogen-bond donors (Lipinski definition) is 1. The van der Waals surface area contributed by atoms with Crippen molar-refractivity contribution in [3.05, 3.63) is 34.3 Å². The van der Waals surface area contributed by atoms with Crippen molar-refractivity contribution in [3.8, 4) is 0 Å². The van der Waals surface area contributed by atoms with Crippen LogP contribution in [0.4, 0.5) is 0 Å². The number of halogens is 1. The molecule has 0 radical (unpaired) electrons. The van der Waals surface area contributed by atoms with Crippen LogP contribution < -0.4 is 5.32 Å². The third-order valence-corrected chi connectivity index (χ3v) is 3.54. The van der Waals surface area contributed by atoms with E-state index in [0.29, 0.717) is 13.2 Å². The average Bonchev–Trinajstić information content (AvgIpc) is 2.38. The quantitative estimate of drug-likeness (QED) is 0.725. The topological polar surface area (TPSA) is 30.5 Å². The minimum absolute atomic E-state index is 0.0188. The van der Waals surface area contributed by atoms with Crippen LogP contribution in [0.2, 0.25) is 0 Å². The van der Waals surface area contributed by atoms with Gasteiger partial charge in [-0.15, -0.1) is 0 Å². The molecule has 1 aromatic carbocycles. The molecule has 0 saturated carbocycles. The van der Waals surface area contributed by atoms with Gasteiger partial charge in [-0.1, -0.05) is 34.1 Å². The molecule has 1 unspecified atom stereocenters. The molecular weight excluding hydrogens is 318 g/mol. The molecule has 0 heterocycles. The number of nitrogens with one attached hydrogen (secondary N) is 1. The third-order valence-electron chi connectivity index (χ3n) is 2.82. The highest BCUT2D eigenvalue weighted by Gasteiger charge is 2.18. The highest BCUT2D eigenvalue weighted by atomic mass is 79.9. The Balaban J connectivity index is 2.66. The first-order chi connectivity index (χ1) is 9.44. The zero-order valence-electron chi connectivity index (χ0n) is 12.9. The minimum atomic E-state index is 0.0188. The van der Waals surface area contributed by atoms with E-state index in [4.69, 9.17) is 9.47 Å². The van der Waals surface area contributed by atoms with Crippen LogP contribution in [0, 0.1) is 0 Å². The van der Waals surface area contributed by atoms with Crippen molar-refractivity contribution in [2.75, 3.05) is 26.4 Å². The standard InChI is InChI=1S/C16H26BrNO2/c1-5-19-10-11-20-15(12-18-16(2,3)4)13-8-6-7-9-14(13)17/h6-9,15,18H,5,10-12H2,1-4H3. The molecule has 0 fully saturated rings. The summed E-state index contributed by atoms with van der Waals surface area (Å²) in [7, 11) is 0. The van der Waals surface area contributed by atoms with Gasteiger partial charge in [0, 0.05) is 23.2 Å². The smallest absolute Gasteiger partial charge is 0.0961 e. The van der Waals surface area contributed by atoms with Crippen molar-refractivity contribution >= 4 is 15.9 Å². The Kier molecular flexibility index (Phi) is 7.74. The van der Waals surface area contributed by atoms with Gasteiger partial charge in [0.25, 0.3) is 0 Å². The van der Waals surface area contributed by atoms with Gasteiger partial charge in [0.15, 0.2) is 0 Å². The van der Waals surface area contributed by atoms with Crippen molar-refractivity contribution in [1.82, 2.24) is 5.32 Å². The lowest BCUT2D eigenvalue weighted by molar-refractivity contribution is 0.00430. The van der Waals surface area contributed by atoms with Crippen molar-refractivity contribution in [3.63, 3.8) is 0 Å². The first-order valence-corrected chi connectivity index (χ1v) is 7.92. The minimum Gasteiger partial charge on any atom is -0.379 e.